The van der Waals surface area contributed by atoms with E-state index in [9.17, 15) is 9.59 Å². The third-order valence-corrected chi connectivity index (χ3v) is 5.15. The molecule has 3 aromatic rings. The molecule has 5 nitrogen and oxygen atoms in total. The zero-order valence-electron chi connectivity index (χ0n) is 14.1. The van der Waals surface area contributed by atoms with Gasteiger partial charge in [-0.15, -0.1) is 0 Å². The zero-order valence-corrected chi connectivity index (χ0v) is 14.9. The van der Waals surface area contributed by atoms with Crippen molar-refractivity contribution in [3.05, 3.63) is 65.3 Å². The monoisotopic (exact) mass is 367 g/mol. The van der Waals surface area contributed by atoms with Crippen LogP contribution in [0.25, 0.3) is 16.6 Å². The van der Waals surface area contributed by atoms with E-state index in [1.54, 1.807) is 9.80 Å². The van der Waals surface area contributed by atoms with Crippen LogP contribution in [0.1, 0.15) is 10.4 Å². The van der Waals surface area contributed by atoms with Crippen molar-refractivity contribution in [1.29, 1.82) is 0 Å². The van der Waals surface area contributed by atoms with E-state index < -0.39 is 0 Å². The maximum atomic E-state index is 13.2. The number of carbonyl (C=O) groups excluding carboxylic acids is 2. The SMILES string of the molecule is O=CN1CCN(C(=O)c2c(Cl)n(-c3ccccc3)c3ccccc23)CC1. The Morgan fingerprint density at radius 1 is 0.923 bits per heavy atom. The number of hydrogen-bond donors (Lipinski definition) is 0. The van der Waals surface area contributed by atoms with E-state index in [0.717, 1.165) is 23.0 Å². The maximum Gasteiger partial charge on any atom is 0.257 e. The fraction of sp³-hybridized carbons (Fsp3) is 0.200. The van der Waals surface area contributed by atoms with Gasteiger partial charge in [0.1, 0.15) is 5.15 Å². The van der Waals surface area contributed by atoms with Crippen LogP contribution in [0.5, 0.6) is 0 Å². The van der Waals surface area contributed by atoms with Gasteiger partial charge in [0.2, 0.25) is 6.41 Å². The molecule has 26 heavy (non-hydrogen) atoms. The van der Waals surface area contributed by atoms with Crippen LogP contribution in [0, 0.1) is 0 Å². The van der Waals surface area contributed by atoms with E-state index in [-0.39, 0.29) is 5.91 Å². The quantitative estimate of drug-likeness (QED) is 0.667. The number of aromatic nitrogens is 1. The molecule has 0 bridgehead atoms. The molecule has 2 amide bonds. The lowest BCUT2D eigenvalue weighted by Gasteiger charge is -2.32. The van der Waals surface area contributed by atoms with Crippen LogP contribution < -0.4 is 0 Å². The summed E-state index contributed by atoms with van der Waals surface area (Å²) in [7, 11) is 0. The van der Waals surface area contributed by atoms with Gasteiger partial charge in [-0.2, -0.15) is 0 Å². The Morgan fingerprint density at radius 2 is 1.58 bits per heavy atom. The average molecular weight is 368 g/mol. The first kappa shape index (κ1) is 16.7. The van der Waals surface area contributed by atoms with Gasteiger partial charge in [0, 0.05) is 37.3 Å². The Labute approximate surface area is 156 Å². The number of piperazine rings is 1. The van der Waals surface area contributed by atoms with Crippen molar-refractivity contribution in [2.24, 2.45) is 0 Å². The Balaban J connectivity index is 1.80. The van der Waals surface area contributed by atoms with Crippen LogP contribution in [-0.4, -0.2) is 52.9 Å². The Hall–Kier alpha value is -2.79. The van der Waals surface area contributed by atoms with Crippen molar-refractivity contribution in [2.75, 3.05) is 26.2 Å². The maximum absolute atomic E-state index is 13.2. The molecule has 0 radical (unpaired) electrons. The van der Waals surface area contributed by atoms with Crippen molar-refractivity contribution in [1.82, 2.24) is 14.4 Å². The number of benzene rings is 2. The number of fused-ring (bicyclic) bond motifs is 1. The van der Waals surface area contributed by atoms with Gasteiger partial charge in [0.05, 0.1) is 11.1 Å². The normalized spacial score (nSPS) is 14.7. The molecule has 1 aromatic heterocycles. The van der Waals surface area contributed by atoms with Crippen molar-refractivity contribution >= 4 is 34.8 Å². The largest absolute Gasteiger partial charge is 0.342 e. The van der Waals surface area contributed by atoms with E-state index in [1.165, 1.54) is 0 Å². The molecule has 1 saturated heterocycles. The molecule has 1 aliphatic heterocycles. The standard InChI is InChI=1S/C20H18ClN3O2/c21-19-18(20(26)23-12-10-22(14-25)11-13-23)16-8-4-5-9-17(16)24(19)15-6-2-1-3-7-15/h1-9,14H,10-13H2. The van der Waals surface area contributed by atoms with E-state index in [0.29, 0.717) is 36.9 Å². The minimum Gasteiger partial charge on any atom is -0.342 e. The summed E-state index contributed by atoms with van der Waals surface area (Å²) in [5.41, 5.74) is 2.34. The van der Waals surface area contributed by atoms with E-state index in [2.05, 4.69) is 0 Å². The number of carbonyl (C=O) groups is 2. The van der Waals surface area contributed by atoms with Gasteiger partial charge in [0.15, 0.2) is 0 Å². The lowest BCUT2D eigenvalue weighted by atomic mass is 10.1. The molecule has 1 aliphatic rings. The molecule has 0 atom stereocenters. The van der Waals surface area contributed by atoms with Crippen LogP contribution in [0.2, 0.25) is 5.15 Å². The van der Waals surface area contributed by atoms with Gasteiger partial charge in [-0.05, 0) is 18.2 Å². The van der Waals surface area contributed by atoms with Crippen molar-refractivity contribution in [2.45, 2.75) is 0 Å². The number of rotatable bonds is 3. The molecule has 0 aliphatic carbocycles. The minimum atomic E-state index is -0.0913. The molecule has 0 saturated carbocycles. The lowest BCUT2D eigenvalue weighted by molar-refractivity contribution is -0.119. The summed E-state index contributed by atoms with van der Waals surface area (Å²) >= 11 is 6.71. The summed E-state index contributed by atoms with van der Waals surface area (Å²) in [6, 6.07) is 17.5. The summed E-state index contributed by atoms with van der Waals surface area (Å²) in [4.78, 5) is 27.5. The van der Waals surface area contributed by atoms with Crippen LogP contribution in [0.15, 0.2) is 54.6 Å². The molecular weight excluding hydrogens is 350 g/mol. The summed E-state index contributed by atoms with van der Waals surface area (Å²) < 4.78 is 1.91. The molecule has 0 spiro atoms. The number of nitrogens with zero attached hydrogens (tertiary/aromatic N) is 3. The second-order valence-corrected chi connectivity index (χ2v) is 6.65. The predicted molar refractivity (Wildman–Crippen MR) is 102 cm³/mol. The summed E-state index contributed by atoms with van der Waals surface area (Å²) in [6.07, 6.45) is 0.829. The fourth-order valence-electron chi connectivity index (χ4n) is 3.43. The Morgan fingerprint density at radius 3 is 2.27 bits per heavy atom. The number of para-hydroxylation sites is 2. The molecule has 2 heterocycles. The zero-order chi connectivity index (χ0) is 18.1. The second kappa shape index (κ2) is 6.84. The summed E-state index contributed by atoms with van der Waals surface area (Å²) in [5, 5.41) is 1.25. The van der Waals surface area contributed by atoms with Crippen LogP contribution in [-0.2, 0) is 4.79 Å². The highest BCUT2D eigenvalue weighted by molar-refractivity contribution is 6.36. The van der Waals surface area contributed by atoms with Gasteiger partial charge in [-0.3, -0.25) is 14.2 Å². The Kier molecular flexibility index (Phi) is 4.39. The Bertz CT molecular complexity index is 960. The molecule has 1 fully saturated rings. The van der Waals surface area contributed by atoms with Gasteiger partial charge in [0.25, 0.3) is 5.91 Å². The van der Waals surface area contributed by atoms with Crippen LogP contribution in [0.4, 0.5) is 0 Å². The van der Waals surface area contributed by atoms with E-state index >= 15 is 0 Å². The van der Waals surface area contributed by atoms with Gasteiger partial charge >= 0.3 is 0 Å². The van der Waals surface area contributed by atoms with Gasteiger partial charge < -0.3 is 9.80 Å². The van der Waals surface area contributed by atoms with Crippen molar-refractivity contribution < 1.29 is 9.59 Å². The second-order valence-electron chi connectivity index (χ2n) is 6.29. The molecule has 2 aromatic carbocycles. The molecule has 0 unspecified atom stereocenters. The highest BCUT2D eigenvalue weighted by Crippen LogP contribution is 2.34. The third kappa shape index (κ3) is 2.74. The van der Waals surface area contributed by atoms with E-state index in [1.807, 2.05) is 59.2 Å². The van der Waals surface area contributed by atoms with Crippen molar-refractivity contribution in [3.63, 3.8) is 0 Å². The highest BCUT2D eigenvalue weighted by atomic mass is 35.5. The first-order valence-electron chi connectivity index (χ1n) is 8.53. The summed E-state index contributed by atoms with van der Waals surface area (Å²) in [6.45, 7) is 2.12. The van der Waals surface area contributed by atoms with E-state index in [4.69, 9.17) is 11.6 Å². The topological polar surface area (TPSA) is 45.6 Å². The number of hydrogen-bond acceptors (Lipinski definition) is 2. The predicted octanol–water partition coefficient (Wildman–Crippen LogP) is 3.20. The molecule has 4 rings (SSSR count). The molecule has 6 heteroatoms. The third-order valence-electron chi connectivity index (χ3n) is 4.80. The lowest BCUT2D eigenvalue weighted by Crippen LogP contribution is -2.48. The van der Waals surface area contributed by atoms with Crippen LogP contribution in [0.3, 0.4) is 0 Å². The van der Waals surface area contributed by atoms with Crippen molar-refractivity contribution in [3.8, 4) is 5.69 Å². The fourth-order valence-corrected chi connectivity index (χ4v) is 3.80. The molecule has 132 valence electrons. The first-order valence-corrected chi connectivity index (χ1v) is 8.91. The van der Waals surface area contributed by atoms with Gasteiger partial charge in [-0.25, -0.2) is 0 Å². The smallest absolute Gasteiger partial charge is 0.257 e. The average Bonchev–Trinajstić information content (AvgIpc) is 3.00. The van der Waals surface area contributed by atoms with Gasteiger partial charge in [-0.1, -0.05) is 48.0 Å². The highest BCUT2D eigenvalue weighted by Gasteiger charge is 2.28. The first-order chi connectivity index (χ1) is 12.7. The molecular formula is C20H18ClN3O2. The minimum absolute atomic E-state index is 0.0913. The summed E-state index contributed by atoms with van der Waals surface area (Å²) in [5.74, 6) is -0.0913. The molecule has 0 N–H and O–H groups in total. The number of amides is 2. The number of halogens is 1. The van der Waals surface area contributed by atoms with Crippen LogP contribution >= 0.6 is 11.6 Å².